The molecule has 0 saturated heterocycles. The fourth-order valence-electron chi connectivity index (χ4n) is 3.00. The van der Waals surface area contributed by atoms with Gasteiger partial charge in [-0.2, -0.15) is 0 Å². The molecule has 0 bridgehead atoms. The van der Waals surface area contributed by atoms with E-state index in [1.807, 2.05) is 0 Å². The first-order valence-corrected chi connectivity index (χ1v) is 12.5. The zero-order valence-corrected chi connectivity index (χ0v) is 20.0. The SMILES string of the molecule is O=C(NCc1ccc(Cl)cc1Cl)c1ccc(Cl)cc1NS(=O)(=O)C1=CC=CN2SNC=C12. The van der Waals surface area contributed by atoms with E-state index < -0.39 is 15.9 Å². The van der Waals surface area contributed by atoms with Crippen molar-refractivity contribution < 1.29 is 13.2 Å². The summed E-state index contributed by atoms with van der Waals surface area (Å²) in [7, 11) is -4.02. The third kappa shape index (κ3) is 4.87. The van der Waals surface area contributed by atoms with Gasteiger partial charge in [-0.05, 0) is 48.0 Å². The van der Waals surface area contributed by atoms with Crippen LogP contribution in [0.25, 0.3) is 0 Å². The van der Waals surface area contributed by atoms with Crippen LogP contribution in [0.15, 0.2) is 71.6 Å². The van der Waals surface area contributed by atoms with Crippen molar-refractivity contribution >= 4 is 68.6 Å². The minimum Gasteiger partial charge on any atom is -0.348 e. The zero-order chi connectivity index (χ0) is 22.9. The molecular formula is C20H15Cl3N4O3S2. The zero-order valence-electron chi connectivity index (χ0n) is 16.1. The van der Waals surface area contributed by atoms with Crippen molar-refractivity contribution in [2.24, 2.45) is 0 Å². The highest BCUT2D eigenvalue weighted by Gasteiger charge is 2.30. The molecule has 0 aliphatic carbocycles. The lowest BCUT2D eigenvalue weighted by Crippen LogP contribution is -2.26. The van der Waals surface area contributed by atoms with Crippen molar-refractivity contribution in [3.63, 3.8) is 0 Å². The molecule has 0 spiro atoms. The predicted molar refractivity (Wildman–Crippen MR) is 129 cm³/mol. The molecule has 3 N–H and O–H groups in total. The molecule has 0 unspecified atom stereocenters. The van der Waals surface area contributed by atoms with Crippen LogP contribution in [0.4, 0.5) is 5.69 Å². The highest BCUT2D eigenvalue weighted by Crippen LogP contribution is 2.34. The van der Waals surface area contributed by atoms with Crippen LogP contribution in [-0.2, 0) is 16.6 Å². The van der Waals surface area contributed by atoms with Gasteiger partial charge >= 0.3 is 0 Å². The largest absolute Gasteiger partial charge is 0.348 e. The molecule has 0 radical (unpaired) electrons. The molecule has 0 saturated carbocycles. The Morgan fingerprint density at radius 2 is 1.84 bits per heavy atom. The van der Waals surface area contributed by atoms with Crippen molar-refractivity contribution in [2.45, 2.75) is 6.54 Å². The first kappa shape index (κ1) is 22.9. The number of rotatable bonds is 6. The van der Waals surface area contributed by atoms with Crippen LogP contribution in [0.3, 0.4) is 0 Å². The summed E-state index contributed by atoms with van der Waals surface area (Å²) in [6.07, 6.45) is 6.41. The minimum absolute atomic E-state index is 0.0526. The molecule has 7 nitrogen and oxygen atoms in total. The Kier molecular flexibility index (Phi) is 6.64. The maximum Gasteiger partial charge on any atom is 0.264 e. The smallest absolute Gasteiger partial charge is 0.264 e. The molecule has 0 aromatic heterocycles. The van der Waals surface area contributed by atoms with Gasteiger partial charge in [0.15, 0.2) is 0 Å². The Labute approximate surface area is 204 Å². The van der Waals surface area contributed by atoms with Gasteiger partial charge in [-0.3, -0.25) is 13.8 Å². The van der Waals surface area contributed by atoms with Crippen LogP contribution >= 0.6 is 46.9 Å². The number of amides is 1. The molecule has 166 valence electrons. The lowest BCUT2D eigenvalue weighted by molar-refractivity contribution is 0.0952. The average molecular weight is 530 g/mol. The third-order valence-electron chi connectivity index (χ3n) is 4.52. The number of allylic oxidation sites excluding steroid dienone is 2. The van der Waals surface area contributed by atoms with E-state index in [1.165, 1.54) is 36.4 Å². The Hall–Kier alpha value is -2.30. The summed E-state index contributed by atoms with van der Waals surface area (Å²) < 4.78 is 33.3. The van der Waals surface area contributed by atoms with E-state index >= 15 is 0 Å². The first-order chi connectivity index (χ1) is 15.2. The maximum atomic E-state index is 13.1. The maximum absolute atomic E-state index is 13.1. The van der Waals surface area contributed by atoms with Crippen LogP contribution < -0.4 is 14.8 Å². The number of carbonyl (C=O) groups is 1. The summed E-state index contributed by atoms with van der Waals surface area (Å²) in [6, 6.07) is 9.29. The topological polar surface area (TPSA) is 90.5 Å². The van der Waals surface area contributed by atoms with Gasteiger partial charge in [0.2, 0.25) is 0 Å². The van der Waals surface area contributed by atoms with E-state index in [9.17, 15) is 13.2 Å². The summed E-state index contributed by atoms with van der Waals surface area (Å²) in [5.74, 6) is -0.498. The number of hydrogen-bond acceptors (Lipinski definition) is 6. The molecule has 0 fully saturated rings. The Bertz CT molecular complexity index is 1290. The summed E-state index contributed by atoms with van der Waals surface area (Å²) in [5, 5.41) is 3.90. The highest BCUT2D eigenvalue weighted by molar-refractivity contribution is 7.97. The Morgan fingerprint density at radius 3 is 2.62 bits per heavy atom. The number of fused-ring (bicyclic) bond motifs is 1. The van der Waals surface area contributed by atoms with Gasteiger partial charge in [0.05, 0.1) is 29.1 Å². The van der Waals surface area contributed by atoms with Crippen molar-refractivity contribution in [3.05, 3.63) is 97.7 Å². The summed E-state index contributed by atoms with van der Waals surface area (Å²) in [5.41, 5.74) is 1.30. The highest BCUT2D eigenvalue weighted by atomic mass is 35.5. The van der Waals surface area contributed by atoms with Crippen molar-refractivity contribution in [3.8, 4) is 0 Å². The summed E-state index contributed by atoms with van der Waals surface area (Å²) >= 11 is 19.4. The number of benzene rings is 2. The number of nitrogens with zero attached hydrogens (tertiary/aromatic N) is 1. The van der Waals surface area contributed by atoms with Crippen molar-refractivity contribution in [2.75, 3.05) is 4.72 Å². The molecule has 2 heterocycles. The van der Waals surface area contributed by atoms with E-state index in [2.05, 4.69) is 14.8 Å². The summed E-state index contributed by atoms with van der Waals surface area (Å²) in [6.45, 7) is 0.129. The lowest BCUT2D eigenvalue weighted by Gasteiger charge is -2.21. The number of anilines is 1. The van der Waals surface area contributed by atoms with E-state index in [1.54, 1.807) is 41.0 Å². The van der Waals surface area contributed by atoms with Gasteiger partial charge < -0.3 is 10.0 Å². The quantitative estimate of drug-likeness (QED) is 0.454. The third-order valence-corrected chi connectivity index (χ3v) is 7.49. The monoisotopic (exact) mass is 528 g/mol. The number of hydrogen-bond donors (Lipinski definition) is 3. The second-order valence-electron chi connectivity index (χ2n) is 6.65. The van der Waals surface area contributed by atoms with Crippen LogP contribution in [0.2, 0.25) is 15.1 Å². The number of nitrogens with one attached hydrogen (secondary N) is 3. The second kappa shape index (κ2) is 9.29. The van der Waals surface area contributed by atoms with Crippen LogP contribution in [-0.4, -0.2) is 18.6 Å². The van der Waals surface area contributed by atoms with E-state index in [4.69, 9.17) is 34.8 Å². The van der Waals surface area contributed by atoms with Crippen LogP contribution in [0.5, 0.6) is 0 Å². The molecule has 1 amide bonds. The van der Waals surface area contributed by atoms with E-state index in [0.29, 0.717) is 21.3 Å². The Morgan fingerprint density at radius 1 is 1.09 bits per heavy atom. The molecular weight excluding hydrogens is 515 g/mol. The predicted octanol–water partition coefficient (Wildman–Crippen LogP) is 5.04. The molecule has 2 aromatic carbocycles. The minimum atomic E-state index is -4.02. The number of halogens is 3. The van der Waals surface area contributed by atoms with Gasteiger partial charge in [-0.15, -0.1) is 0 Å². The van der Waals surface area contributed by atoms with Crippen molar-refractivity contribution in [1.29, 1.82) is 0 Å². The van der Waals surface area contributed by atoms with Crippen molar-refractivity contribution in [1.82, 2.24) is 14.3 Å². The standard InChI is InChI=1S/C20H15Cl3N4O3S2/c21-13-4-3-12(16(23)8-13)10-24-20(28)15-6-5-14(22)9-17(15)26-32(29,30)19-2-1-7-27-18(19)11-25-31-27/h1-9,11,25-26H,10H2,(H,24,28). The molecule has 2 aromatic rings. The fraction of sp³-hybridized carbons (Fsp3) is 0.0500. The molecule has 2 aliphatic rings. The number of carbonyl (C=O) groups excluding carboxylic acids is 1. The molecule has 12 heteroatoms. The number of sulfonamides is 1. The normalized spacial score (nSPS) is 14.9. The van der Waals surface area contributed by atoms with Crippen LogP contribution in [0, 0.1) is 0 Å². The molecule has 2 aliphatic heterocycles. The van der Waals surface area contributed by atoms with Gasteiger partial charge in [0, 0.05) is 34.0 Å². The van der Waals surface area contributed by atoms with Gasteiger partial charge in [-0.1, -0.05) is 40.9 Å². The lowest BCUT2D eigenvalue weighted by atomic mass is 10.1. The van der Waals surface area contributed by atoms with E-state index in [0.717, 1.165) is 0 Å². The van der Waals surface area contributed by atoms with Crippen LogP contribution in [0.1, 0.15) is 15.9 Å². The summed E-state index contributed by atoms with van der Waals surface area (Å²) in [4.78, 5) is 12.9. The average Bonchev–Trinajstić information content (AvgIpc) is 3.21. The Balaban J connectivity index is 1.57. The molecule has 0 atom stereocenters. The van der Waals surface area contributed by atoms with E-state index in [-0.39, 0.29) is 27.7 Å². The van der Waals surface area contributed by atoms with Gasteiger partial charge in [0.25, 0.3) is 15.9 Å². The van der Waals surface area contributed by atoms with Gasteiger partial charge in [-0.25, -0.2) is 8.42 Å². The molecule has 4 rings (SSSR count). The molecule has 32 heavy (non-hydrogen) atoms. The first-order valence-electron chi connectivity index (χ1n) is 9.10. The fourth-order valence-corrected chi connectivity index (χ4v) is 5.62. The van der Waals surface area contributed by atoms with Gasteiger partial charge in [0.1, 0.15) is 4.91 Å². The second-order valence-corrected chi connectivity index (χ2v) is 10.4.